The Morgan fingerprint density at radius 1 is 1.32 bits per heavy atom. The van der Waals surface area contributed by atoms with E-state index < -0.39 is 0 Å². The first-order valence-corrected chi connectivity index (χ1v) is 9.06. The second kappa shape index (κ2) is 8.49. The molecule has 7 nitrogen and oxygen atoms in total. The SMILES string of the molecule is Cc1ccc(CN2C(=O)CC[C@H]2C(=O)NCCCN2CCOCC2)o1. The third kappa shape index (κ3) is 4.83. The topological polar surface area (TPSA) is 75.0 Å². The Kier molecular flexibility index (Phi) is 6.09. The number of rotatable bonds is 7. The van der Waals surface area contributed by atoms with Gasteiger partial charge in [-0.1, -0.05) is 0 Å². The lowest BCUT2D eigenvalue weighted by molar-refractivity contribution is -0.136. The average Bonchev–Trinajstić information content (AvgIpc) is 3.19. The van der Waals surface area contributed by atoms with Crippen LogP contribution in [0.2, 0.25) is 0 Å². The highest BCUT2D eigenvalue weighted by molar-refractivity contribution is 5.90. The second-order valence-corrected chi connectivity index (χ2v) is 6.69. The van der Waals surface area contributed by atoms with Gasteiger partial charge in [-0.05, 0) is 38.4 Å². The highest BCUT2D eigenvalue weighted by Crippen LogP contribution is 2.22. The van der Waals surface area contributed by atoms with Crippen molar-refractivity contribution in [3.8, 4) is 0 Å². The molecule has 3 heterocycles. The molecule has 2 fully saturated rings. The number of hydrogen-bond acceptors (Lipinski definition) is 5. The maximum atomic E-state index is 12.5. The number of carbonyl (C=O) groups excluding carboxylic acids is 2. The Hall–Kier alpha value is -1.86. The molecule has 1 aromatic rings. The number of ether oxygens (including phenoxy) is 1. The first-order valence-electron chi connectivity index (χ1n) is 9.06. The smallest absolute Gasteiger partial charge is 0.242 e. The lowest BCUT2D eigenvalue weighted by Crippen LogP contribution is -2.45. The number of morpholine rings is 1. The fourth-order valence-electron chi connectivity index (χ4n) is 3.40. The zero-order valence-electron chi connectivity index (χ0n) is 14.8. The van der Waals surface area contributed by atoms with Crippen LogP contribution in [0.4, 0.5) is 0 Å². The van der Waals surface area contributed by atoms with Crippen molar-refractivity contribution in [1.29, 1.82) is 0 Å². The summed E-state index contributed by atoms with van der Waals surface area (Å²) in [4.78, 5) is 28.6. The lowest BCUT2D eigenvalue weighted by Gasteiger charge is -2.27. The predicted octanol–water partition coefficient (Wildman–Crippen LogP) is 0.918. The molecule has 1 atom stereocenters. The normalized spacial score (nSPS) is 21.7. The Bertz CT molecular complexity index is 595. The van der Waals surface area contributed by atoms with Crippen molar-refractivity contribution in [2.45, 2.75) is 38.8 Å². The molecule has 0 aliphatic carbocycles. The van der Waals surface area contributed by atoms with Gasteiger partial charge in [0.15, 0.2) is 0 Å². The van der Waals surface area contributed by atoms with Crippen LogP contribution in [-0.4, -0.2) is 67.0 Å². The van der Waals surface area contributed by atoms with Crippen LogP contribution in [0.5, 0.6) is 0 Å². The Labute approximate surface area is 148 Å². The van der Waals surface area contributed by atoms with Crippen LogP contribution < -0.4 is 5.32 Å². The Morgan fingerprint density at radius 3 is 2.84 bits per heavy atom. The van der Waals surface area contributed by atoms with E-state index in [1.165, 1.54) is 0 Å². The van der Waals surface area contributed by atoms with Gasteiger partial charge in [0.05, 0.1) is 19.8 Å². The van der Waals surface area contributed by atoms with Crippen LogP contribution in [-0.2, 0) is 20.9 Å². The zero-order valence-corrected chi connectivity index (χ0v) is 14.8. The average molecular weight is 349 g/mol. The van der Waals surface area contributed by atoms with Gasteiger partial charge in [0, 0.05) is 26.1 Å². The molecule has 0 aromatic carbocycles. The van der Waals surface area contributed by atoms with E-state index in [1.807, 2.05) is 19.1 Å². The van der Waals surface area contributed by atoms with Gasteiger partial charge in [-0.25, -0.2) is 0 Å². The summed E-state index contributed by atoms with van der Waals surface area (Å²) in [6, 6.07) is 3.34. The number of aryl methyl sites for hydroxylation is 1. The summed E-state index contributed by atoms with van der Waals surface area (Å²) < 4.78 is 10.9. The van der Waals surface area contributed by atoms with E-state index in [0.29, 0.717) is 25.9 Å². The number of amides is 2. The highest BCUT2D eigenvalue weighted by atomic mass is 16.5. The van der Waals surface area contributed by atoms with Crippen molar-refractivity contribution in [3.63, 3.8) is 0 Å². The molecular weight excluding hydrogens is 322 g/mol. The first kappa shape index (κ1) is 17.9. The van der Waals surface area contributed by atoms with Gasteiger partial charge in [-0.2, -0.15) is 0 Å². The van der Waals surface area contributed by atoms with Crippen LogP contribution in [0, 0.1) is 6.92 Å². The molecule has 138 valence electrons. The number of likely N-dealkylation sites (tertiary alicyclic amines) is 1. The first-order chi connectivity index (χ1) is 12.1. The maximum absolute atomic E-state index is 12.5. The van der Waals surface area contributed by atoms with Gasteiger partial charge in [-0.3, -0.25) is 14.5 Å². The molecule has 7 heteroatoms. The summed E-state index contributed by atoms with van der Waals surface area (Å²) in [5.74, 6) is 1.49. The van der Waals surface area contributed by atoms with Crippen molar-refractivity contribution in [2.24, 2.45) is 0 Å². The number of furan rings is 1. The molecule has 2 aliphatic heterocycles. The van der Waals surface area contributed by atoms with Crippen LogP contribution in [0.1, 0.15) is 30.8 Å². The third-order valence-corrected chi connectivity index (χ3v) is 4.81. The summed E-state index contributed by atoms with van der Waals surface area (Å²) in [7, 11) is 0. The minimum atomic E-state index is -0.388. The summed E-state index contributed by atoms with van der Waals surface area (Å²) >= 11 is 0. The van der Waals surface area contributed by atoms with Crippen LogP contribution in [0.3, 0.4) is 0 Å². The fourth-order valence-corrected chi connectivity index (χ4v) is 3.40. The number of nitrogens with zero attached hydrogens (tertiary/aromatic N) is 2. The maximum Gasteiger partial charge on any atom is 0.242 e. The van der Waals surface area contributed by atoms with Crippen molar-refractivity contribution in [2.75, 3.05) is 39.4 Å². The Balaban J connectivity index is 1.44. The minimum Gasteiger partial charge on any atom is -0.464 e. The molecule has 2 amide bonds. The van der Waals surface area contributed by atoms with E-state index in [0.717, 1.165) is 50.8 Å². The molecule has 2 aliphatic rings. The largest absolute Gasteiger partial charge is 0.464 e. The van der Waals surface area contributed by atoms with Gasteiger partial charge in [0.2, 0.25) is 11.8 Å². The van der Waals surface area contributed by atoms with Crippen LogP contribution >= 0.6 is 0 Å². The monoisotopic (exact) mass is 349 g/mol. The van der Waals surface area contributed by atoms with Crippen molar-refractivity contribution in [3.05, 3.63) is 23.7 Å². The van der Waals surface area contributed by atoms with Gasteiger partial charge in [-0.15, -0.1) is 0 Å². The summed E-state index contributed by atoms with van der Waals surface area (Å²) in [6.07, 6.45) is 1.91. The van der Waals surface area contributed by atoms with E-state index in [2.05, 4.69) is 10.2 Å². The van der Waals surface area contributed by atoms with E-state index in [4.69, 9.17) is 9.15 Å². The van der Waals surface area contributed by atoms with E-state index >= 15 is 0 Å². The summed E-state index contributed by atoms with van der Waals surface area (Å²) in [5.41, 5.74) is 0. The molecule has 2 saturated heterocycles. The van der Waals surface area contributed by atoms with Gasteiger partial charge in [0.25, 0.3) is 0 Å². The molecule has 0 unspecified atom stereocenters. The lowest BCUT2D eigenvalue weighted by atomic mass is 10.2. The molecule has 3 rings (SSSR count). The summed E-state index contributed by atoms with van der Waals surface area (Å²) in [6.45, 7) is 7.32. The van der Waals surface area contributed by atoms with Crippen molar-refractivity contribution >= 4 is 11.8 Å². The van der Waals surface area contributed by atoms with Crippen LogP contribution in [0.25, 0.3) is 0 Å². The fraction of sp³-hybridized carbons (Fsp3) is 0.667. The predicted molar refractivity (Wildman–Crippen MR) is 91.9 cm³/mol. The number of hydrogen-bond donors (Lipinski definition) is 1. The molecular formula is C18H27N3O4. The quantitative estimate of drug-likeness (QED) is 0.741. The number of nitrogens with one attached hydrogen (secondary N) is 1. The zero-order chi connectivity index (χ0) is 17.6. The number of carbonyl (C=O) groups is 2. The molecule has 0 bridgehead atoms. The van der Waals surface area contributed by atoms with Gasteiger partial charge >= 0.3 is 0 Å². The third-order valence-electron chi connectivity index (χ3n) is 4.81. The summed E-state index contributed by atoms with van der Waals surface area (Å²) in [5, 5.41) is 2.98. The van der Waals surface area contributed by atoms with Crippen molar-refractivity contribution < 1.29 is 18.7 Å². The van der Waals surface area contributed by atoms with Crippen molar-refractivity contribution in [1.82, 2.24) is 15.1 Å². The second-order valence-electron chi connectivity index (χ2n) is 6.69. The van der Waals surface area contributed by atoms with Gasteiger partial charge in [0.1, 0.15) is 17.6 Å². The molecule has 0 spiro atoms. The molecule has 0 radical (unpaired) electrons. The van der Waals surface area contributed by atoms with Gasteiger partial charge < -0.3 is 19.4 Å². The molecule has 1 aromatic heterocycles. The molecule has 25 heavy (non-hydrogen) atoms. The molecule has 0 saturated carbocycles. The van der Waals surface area contributed by atoms with E-state index in [-0.39, 0.29) is 17.9 Å². The standard InChI is InChI=1S/C18H27N3O4/c1-14-3-4-15(25-14)13-21-16(5-6-17(21)22)18(23)19-7-2-8-20-9-11-24-12-10-20/h3-4,16H,2,5-13H2,1H3,(H,19,23)/t16-/m0/s1. The van der Waals surface area contributed by atoms with Crippen LogP contribution in [0.15, 0.2) is 16.5 Å². The minimum absolute atomic E-state index is 0.0162. The Morgan fingerprint density at radius 2 is 2.12 bits per heavy atom. The highest BCUT2D eigenvalue weighted by Gasteiger charge is 2.36. The van der Waals surface area contributed by atoms with E-state index in [9.17, 15) is 9.59 Å². The molecule has 1 N–H and O–H groups in total. The van der Waals surface area contributed by atoms with E-state index in [1.54, 1.807) is 4.90 Å².